The standard InChI is InChI=1S/C14H21NO/c16-14(13-8-10-15-11-9-13)7-6-12-4-2-1-3-5-12/h1-5,13-16H,6-11H2/t14-/m0/s1. The van der Waals surface area contributed by atoms with Crippen LogP contribution in [0.5, 0.6) is 0 Å². The third-order valence-electron chi connectivity index (χ3n) is 3.50. The van der Waals surface area contributed by atoms with Crippen LogP contribution in [0.4, 0.5) is 0 Å². The highest BCUT2D eigenvalue weighted by atomic mass is 16.3. The van der Waals surface area contributed by atoms with Crippen LogP contribution in [0.3, 0.4) is 0 Å². The molecule has 1 aliphatic rings. The Morgan fingerprint density at radius 3 is 2.56 bits per heavy atom. The fourth-order valence-corrected chi connectivity index (χ4v) is 2.42. The van der Waals surface area contributed by atoms with E-state index < -0.39 is 0 Å². The molecule has 1 fully saturated rings. The predicted molar refractivity (Wildman–Crippen MR) is 66.4 cm³/mol. The van der Waals surface area contributed by atoms with Gasteiger partial charge in [-0.25, -0.2) is 0 Å². The van der Waals surface area contributed by atoms with Gasteiger partial charge in [-0.2, -0.15) is 0 Å². The van der Waals surface area contributed by atoms with E-state index in [-0.39, 0.29) is 6.10 Å². The van der Waals surface area contributed by atoms with Crippen molar-refractivity contribution in [1.29, 1.82) is 0 Å². The molecule has 1 saturated heterocycles. The molecule has 0 amide bonds. The number of benzene rings is 1. The topological polar surface area (TPSA) is 32.3 Å². The molecule has 1 aromatic carbocycles. The molecule has 1 atom stereocenters. The van der Waals surface area contributed by atoms with Gasteiger partial charge in [0.25, 0.3) is 0 Å². The summed E-state index contributed by atoms with van der Waals surface area (Å²) in [5.74, 6) is 0.505. The van der Waals surface area contributed by atoms with Crippen molar-refractivity contribution in [3.8, 4) is 0 Å². The molecular weight excluding hydrogens is 198 g/mol. The Hall–Kier alpha value is -0.860. The second-order valence-electron chi connectivity index (χ2n) is 4.68. The van der Waals surface area contributed by atoms with Gasteiger partial charge < -0.3 is 10.4 Å². The van der Waals surface area contributed by atoms with Crippen LogP contribution >= 0.6 is 0 Å². The summed E-state index contributed by atoms with van der Waals surface area (Å²) in [5, 5.41) is 13.4. The molecule has 1 aromatic rings. The lowest BCUT2D eigenvalue weighted by Crippen LogP contribution is -2.34. The summed E-state index contributed by atoms with van der Waals surface area (Å²) in [6.07, 6.45) is 4.01. The number of aliphatic hydroxyl groups excluding tert-OH is 1. The van der Waals surface area contributed by atoms with Gasteiger partial charge in [0.1, 0.15) is 0 Å². The minimum atomic E-state index is -0.123. The van der Waals surface area contributed by atoms with Crippen molar-refractivity contribution in [2.75, 3.05) is 13.1 Å². The third-order valence-corrected chi connectivity index (χ3v) is 3.50. The highest BCUT2D eigenvalue weighted by Crippen LogP contribution is 2.19. The van der Waals surface area contributed by atoms with Crippen LogP contribution in [0, 0.1) is 5.92 Å². The Bertz CT molecular complexity index is 293. The van der Waals surface area contributed by atoms with Gasteiger partial charge >= 0.3 is 0 Å². The van der Waals surface area contributed by atoms with E-state index in [9.17, 15) is 5.11 Å². The quantitative estimate of drug-likeness (QED) is 0.811. The van der Waals surface area contributed by atoms with Crippen LogP contribution in [0.15, 0.2) is 30.3 Å². The summed E-state index contributed by atoms with van der Waals surface area (Å²) in [6, 6.07) is 10.4. The number of rotatable bonds is 4. The molecule has 2 nitrogen and oxygen atoms in total. The van der Waals surface area contributed by atoms with E-state index in [2.05, 4.69) is 29.6 Å². The van der Waals surface area contributed by atoms with Gasteiger partial charge in [0.05, 0.1) is 6.10 Å². The van der Waals surface area contributed by atoms with E-state index in [1.807, 2.05) is 6.07 Å². The SMILES string of the molecule is O[C@@H](CCc1ccccc1)C1CCNCC1. The zero-order chi connectivity index (χ0) is 11.2. The van der Waals surface area contributed by atoms with Gasteiger partial charge in [-0.15, -0.1) is 0 Å². The summed E-state index contributed by atoms with van der Waals surface area (Å²) < 4.78 is 0. The van der Waals surface area contributed by atoms with Gasteiger partial charge in [-0.1, -0.05) is 30.3 Å². The Morgan fingerprint density at radius 2 is 1.88 bits per heavy atom. The second kappa shape index (κ2) is 6.02. The molecule has 0 saturated carbocycles. The van der Waals surface area contributed by atoms with E-state index in [1.54, 1.807) is 0 Å². The first-order valence-corrected chi connectivity index (χ1v) is 6.29. The van der Waals surface area contributed by atoms with Crippen LogP contribution < -0.4 is 5.32 Å². The van der Waals surface area contributed by atoms with E-state index in [1.165, 1.54) is 5.56 Å². The summed E-state index contributed by atoms with van der Waals surface area (Å²) in [4.78, 5) is 0. The van der Waals surface area contributed by atoms with Gasteiger partial charge in [-0.3, -0.25) is 0 Å². The van der Waals surface area contributed by atoms with E-state index in [0.717, 1.165) is 38.8 Å². The van der Waals surface area contributed by atoms with Crippen molar-refractivity contribution in [3.05, 3.63) is 35.9 Å². The van der Waals surface area contributed by atoms with Gasteiger partial charge in [0.15, 0.2) is 0 Å². The lowest BCUT2D eigenvalue weighted by atomic mass is 9.89. The summed E-state index contributed by atoms with van der Waals surface area (Å²) in [6.45, 7) is 2.13. The van der Waals surface area contributed by atoms with Crippen molar-refractivity contribution in [3.63, 3.8) is 0 Å². The average molecular weight is 219 g/mol. The monoisotopic (exact) mass is 219 g/mol. The Labute approximate surface area is 97.7 Å². The first-order chi connectivity index (χ1) is 7.86. The molecule has 0 unspecified atom stereocenters. The first kappa shape index (κ1) is 11.6. The molecular formula is C14H21NO. The highest BCUT2D eigenvalue weighted by Gasteiger charge is 2.20. The Balaban J connectivity index is 1.76. The molecule has 2 N–H and O–H groups in total. The molecule has 1 heterocycles. The average Bonchev–Trinajstić information content (AvgIpc) is 2.38. The Kier molecular flexibility index (Phi) is 4.37. The molecule has 0 spiro atoms. The smallest absolute Gasteiger partial charge is 0.0572 e. The minimum absolute atomic E-state index is 0.123. The first-order valence-electron chi connectivity index (χ1n) is 6.29. The molecule has 2 rings (SSSR count). The number of piperidine rings is 1. The van der Waals surface area contributed by atoms with Crippen molar-refractivity contribution in [2.45, 2.75) is 31.8 Å². The lowest BCUT2D eigenvalue weighted by molar-refractivity contribution is 0.0813. The zero-order valence-corrected chi connectivity index (χ0v) is 9.73. The number of aliphatic hydroxyl groups is 1. The van der Waals surface area contributed by atoms with Crippen molar-refractivity contribution in [1.82, 2.24) is 5.32 Å². The van der Waals surface area contributed by atoms with Crippen LogP contribution in [0.25, 0.3) is 0 Å². The number of aryl methyl sites for hydroxylation is 1. The molecule has 16 heavy (non-hydrogen) atoms. The second-order valence-corrected chi connectivity index (χ2v) is 4.68. The maximum Gasteiger partial charge on any atom is 0.0572 e. The van der Waals surface area contributed by atoms with E-state index in [4.69, 9.17) is 0 Å². The fourth-order valence-electron chi connectivity index (χ4n) is 2.42. The van der Waals surface area contributed by atoms with Crippen molar-refractivity contribution >= 4 is 0 Å². The summed E-state index contributed by atoms with van der Waals surface area (Å²) >= 11 is 0. The van der Waals surface area contributed by atoms with E-state index in [0.29, 0.717) is 5.92 Å². The van der Waals surface area contributed by atoms with E-state index >= 15 is 0 Å². The minimum Gasteiger partial charge on any atom is -0.393 e. The molecule has 1 aliphatic heterocycles. The number of nitrogens with one attached hydrogen (secondary N) is 1. The predicted octanol–water partition coefficient (Wildman–Crippen LogP) is 1.98. The van der Waals surface area contributed by atoms with Crippen LogP contribution in [0.2, 0.25) is 0 Å². The van der Waals surface area contributed by atoms with Crippen LogP contribution in [-0.4, -0.2) is 24.3 Å². The normalized spacial score (nSPS) is 19.6. The molecule has 0 aromatic heterocycles. The molecule has 0 bridgehead atoms. The Morgan fingerprint density at radius 1 is 1.19 bits per heavy atom. The van der Waals surface area contributed by atoms with Gasteiger partial charge in [-0.05, 0) is 50.3 Å². The largest absolute Gasteiger partial charge is 0.393 e. The number of hydrogen-bond donors (Lipinski definition) is 2. The van der Waals surface area contributed by atoms with Crippen molar-refractivity contribution in [2.24, 2.45) is 5.92 Å². The van der Waals surface area contributed by atoms with Crippen molar-refractivity contribution < 1.29 is 5.11 Å². The van der Waals surface area contributed by atoms with Crippen LogP contribution in [0.1, 0.15) is 24.8 Å². The zero-order valence-electron chi connectivity index (χ0n) is 9.73. The molecule has 0 aliphatic carbocycles. The van der Waals surface area contributed by atoms with Gasteiger partial charge in [0.2, 0.25) is 0 Å². The van der Waals surface area contributed by atoms with Gasteiger partial charge in [0, 0.05) is 0 Å². The maximum absolute atomic E-state index is 10.1. The summed E-state index contributed by atoms with van der Waals surface area (Å²) in [5.41, 5.74) is 1.33. The van der Waals surface area contributed by atoms with Crippen LogP contribution in [-0.2, 0) is 6.42 Å². The lowest BCUT2D eigenvalue weighted by Gasteiger charge is -2.27. The fraction of sp³-hybridized carbons (Fsp3) is 0.571. The molecule has 2 heteroatoms. The highest BCUT2D eigenvalue weighted by molar-refractivity contribution is 5.14. The number of hydrogen-bond acceptors (Lipinski definition) is 2. The molecule has 88 valence electrons. The maximum atomic E-state index is 10.1. The molecule has 0 radical (unpaired) electrons. The third kappa shape index (κ3) is 3.32. The summed E-state index contributed by atoms with van der Waals surface area (Å²) in [7, 11) is 0.